The molecule has 0 fully saturated rings. The summed E-state index contributed by atoms with van der Waals surface area (Å²) in [7, 11) is 3.47. The predicted octanol–water partition coefficient (Wildman–Crippen LogP) is 0.790. The molecule has 0 N–H and O–H groups in total. The minimum absolute atomic E-state index is 0.0626. The fraction of sp³-hybridized carbons (Fsp3) is 0.500. The summed E-state index contributed by atoms with van der Waals surface area (Å²) in [4.78, 5) is 20.1. The second-order valence-electron chi connectivity index (χ2n) is 3.99. The molecule has 0 aliphatic carbocycles. The Morgan fingerprint density at radius 1 is 1.20 bits per heavy atom. The smallest absolute Gasteiger partial charge is 0.292 e. The fourth-order valence-electron chi connectivity index (χ4n) is 1.78. The van der Waals surface area contributed by atoms with Crippen molar-refractivity contribution in [3.05, 3.63) is 22.5 Å². The van der Waals surface area contributed by atoms with Gasteiger partial charge in [-0.05, 0) is 5.92 Å². The summed E-state index contributed by atoms with van der Waals surface area (Å²) < 4.78 is 3.15. The van der Waals surface area contributed by atoms with Crippen molar-refractivity contribution in [1.29, 1.82) is 0 Å². The molecule has 80 valence electrons. The molecular formula is C10H14N4O. The summed E-state index contributed by atoms with van der Waals surface area (Å²) in [5.74, 6) is 0.281. The van der Waals surface area contributed by atoms with Crippen LogP contribution in [0.1, 0.15) is 25.5 Å². The van der Waals surface area contributed by atoms with Gasteiger partial charge >= 0.3 is 5.69 Å². The monoisotopic (exact) mass is 206 g/mol. The number of hydrogen-bond donors (Lipinski definition) is 0. The van der Waals surface area contributed by atoms with E-state index in [-0.39, 0.29) is 11.6 Å². The number of rotatable bonds is 1. The first-order valence-corrected chi connectivity index (χ1v) is 4.90. The summed E-state index contributed by atoms with van der Waals surface area (Å²) in [5.41, 5.74) is 2.38. The molecular weight excluding hydrogens is 192 g/mol. The van der Waals surface area contributed by atoms with Crippen LogP contribution in [0, 0.1) is 0 Å². The third-order valence-electron chi connectivity index (χ3n) is 2.61. The van der Waals surface area contributed by atoms with E-state index in [1.807, 2.05) is 0 Å². The lowest BCUT2D eigenvalue weighted by Crippen LogP contribution is -2.19. The van der Waals surface area contributed by atoms with Crippen LogP contribution in [-0.2, 0) is 14.1 Å². The number of aryl methyl sites for hydroxylation is 2. The highest BCUT2D eigenvalue weighted by Gasteiger charge is 2.15. The fourth-order valence-corrected chi connectivity index (χ4v) is 1.78. The molecule has 0 amide bonds. The summed E-state index contributed by atoms with van der Waals surface area (Å²) in [6.45, 7) is 4.11. The molecule has 0 radical (unpaired) electrons. The van der Waals surface area contributed by atoms with Crippen molar-refractivity contribution in [2.75, 3.05) is 0 Å². The molecule has 0 saturated carbocycles. The lowest BCUT2D eigenvalue weighted by Gasteiger charge is -2.05. The minimum Gasteiger partial charge on any atom is -0.292 e. The maximum Gasteiger partial charge on any atom is 0.329 e. The van der Waals surface area contributed by atoms with E-state index in [9.17, 15) is 4.79 Å². The van der Waals surface area contributed by atoms with E-state index in [1.165, 1.54) is 6.33 Å². The van der Waals surface area contributed by atoms with Crippen LogP contribution in [0.2, 0.25) is 0 Å². The Balaban J connectivity index is 2.98. The van der Waals surface area contributed by atoms with Crippen molar-refractivity contribution in [2.45, 2.75) is 19.8 Å². The maximum atomic E-state index is 11.7. The van der Waals surface area contributed by atoms with Crippen molar-refractivity contribution in [3.8, 4) is 0 Å². The molecule has 2 rings (SSSR count). The Kier molecular flexibility index (Phi) is 2.10. The summed E-state index contributed by atoms with van der Waals surface area (Å²) >= 11 is 0. The van der Waals surface area contributed by atoms with Gasteiger partial charge in [-0.3, -0.25) is 9.13 Å². The molecule has 2 aromatic rings. The Hall–Kier alpha value is -1.65. The molecule has 2 aromatic heterocycles. The molecule has 5 nitrogen and oxygen atoms in total. The Morgan fingerprint density at radius 2 is 1.87 bits per heavy atom. The van der Waals surface area contributed by atoms with Crippen LogP contribution < -0.4 is 5.69 Å². The van der Waals surface area contributed by atoms with Crippen molar-refractivity contribution < 1.29 is 0 Å². The minimum atomic E-state index is -0.0626. The van der Waals surface area contributed by atoms with E-state index >= 15 is 0 Å². The van der Waals surface area contributed by atoms with Gasteiger partial charge in [0.1, 0.15) is 11.8 Å². The lowest BCUT2D eigenvalue weighted by atomic mass is 10.1. The molecule has 0 atom stereocenters. The molecule has 5 heteroatoms. The van der Waals surface area contributed by atoms with E-state index in [2.05, 4.69) is 23.8 Å². The van der Waals surface area contributed by atoms with Crippen molar-refractivity contribution >= 4 is 11.2 Å². The maximum absolute atomic E-state index is 11.7. The van der Waals surface area contributed by atoms with Crippen molar-refractivity contribution in [1.82, 2.24) is 19.1 Å². The quantitative estimate of drug-likeness (QED) is 0.693. The van der Waals surface area contributed by atoms with Crippen LogP contribution in [0.15, 0.2) is 11.1 Å². The first-order valence-electron chi connectivity index (χ1n) is 4.90. The van der Waals surface area contributed by atoms with Gasteiger partial charge in [0.05, 0.1) is 5.69 Å². The standard InChI is InChI=1S/C10H14N4O/c1-6(2)7-8-9(12-5-11-7)14(4)10(15)13(8)3/h5-6H,1-4H3. The SMILES string of the molecule is CC(C)c1ncnc2c1n(C)c(=O)n2C. The van der Waals surface area contributed by atoms with Crippen LogP contribution >= 0.6 is 0 Å². The van der Waals surface area contributed by atoms with Crippen LogP contribution in [0.3, 0.4) is 0 Å². The van der Waals surface area contributed by atoms with Gasteiger partial charge in [0.2, 0.25) is 0 Å². The zero-order valence-electron chi connectivity index (χ0n) is 9.35. The average Bonchev–Trinajstić information content (AvgIpc) is 2.44. The van der Waals surface area contributed by atoms with Crippen LogP contribution in [0.25, 0.3) is 11.2 Å². The third-order valence-corrected chi connectivity index (χ3v) is 2.61. The number of fused-ring (bicyclic) bond motifs is 1. The van der Waals surface area contributed by atoms with Crippen molar-refractivity contribution in [3.63, 3.8) is 0 Å². The molecule has 0 spiro atoms. The third kappa shape index (κ3) is 1.26. The normalized spacial score (nSPS) is 11.5. The first kappa shape index (κ1) is 9.89. The lowest BCUT2D eigenvalue weighted by molar-refractivity contribution is 0.781. The van der Waals surface area contributed by atoms with Gasteiger partial charge in [-0.1, -0.05) is 13.8 Å². The van der Waals surface area contributed by atoms with Gasteiger partial charge in [0, 0.05) is 14.1 Å². The van der Waals surface area contributed by atoms with E-state index in [0.717, 1.165) is 11.2 Å². The van der Waals surface area contributed by atoms with Gasteiger partial charge in [0.15, 0.2) is 5.65 Å². The van der Waals surface area contributed by atoms with E-state index < -0.39 is 0 Å². The highest BCUT2D eigenvalue weighted by atomic mass is 16.1. The van der Waals surface area contributed by atoms with Crippen molar-refractivity contribution in [2.24, 2.45) is 14.1 Å². The second-order valence-corrected chi connectivity index (χ2v) is 3.99. The van der Waals surface area contributed by atoms with Gasteiger partial charge in [-0.25, -0.2) is 14.8 Å². The molecule has 2 heterocycles. The van der Waals surface area contributed by atoms with E-state index in [4.69, 9.17) is 0 Å². The van der Waals surface area contributed by atoms with Gasteiger partial charge in [-0.2, -0.15) is 0 Å². The predicted molar refractivity (Wildman–Crippen MR) is 57.8 cm³/mol. The molecule has 0 aromatic carbocycles. The van der Waals surface area contributed by atoms with Gasteiger partial charge < -0.3 is 0 Å². The largest absolute Gasteiger partial charge is 0.329 e. The Bertz CT molecular complexity index is 565. The van der Waals surface area contributed by atoms with Crippen LogP contribution in [0.4, 0.5) is 0 Å². The molecule has 0 unspecified atom stereocenters. The van der Waals surface area contributed by atoms with Crippen LogP contribution in [-0.4, -0.2) is 19.1 Å². The second kappa shape index (κ2) is 3.18. The number of aromatic nitrogens is 4. The van der Waals surface area contributed by atoms with E-state index in [0.29, 0.717) is 5.65 Å². The molecule has 0 bridgehead atoms. The summed E-state index contributed by atoms with van der Waals surface area (Å²) in [6, 6.07) is 0. The van der Waals surface area contributed by atoms with Gasteiger partial charge in [0.25, 0.3) is 0 Å². The number of imidazole rings is 1. The summed E-state index contributed by atoms with van der Waals surface area (Å²) in [6.07, 6.45) is 1.51. The Morgan fingerprint density at radius 3 is 2.47 bits per heavy atom. The molecule has 0 aliphatic rings. The molecule has 0 aliphatic heterocycles. The first-order chi connectivity index (χ1) is 7.04. The highest BCUT2D eigenvalue weighted by molar-refractivity contribution is 5.74. The van der Waals surface area contributed by atoms with Crippen LogP contribution in [0.5, 0.6) is 0 Å². The number of hydrogen-bond acceptors (Lipinski definition) is 3. The zero-order valence-corrected chi connectivity index (χ0v) is 9.35. The van der Waals surface area contributed by atoms with E-state index in [1.54, 1.807) is 23.2 Å². The molecule has 0 saturated heterocycles. The highest BCUT2D eigenvalue weighted by Crippen LogP contribution is 2.19. The molecule has 15 heavy (non-hydrogen) atoms. The zero-order chi connectivity index (χ0) is 11.2. The van der Waals surface area contributed by atoms with Gasteiger partial charge in [-0.15, -0.1) is 0 Å². The summed E-state index contributed by atoms with van der Waals surface area (Å²) in [5, 5.41) is 0. The number of nitrogens with zero attached hydrogens (tertiary/aromatic N) is 4. The Labute approximate surface area is 87.4 Å². The topological polar surface area (TPSA) is 52.7 Å². The average molecular weight is 206 g/mol.